The number of hydrogen-bond acceptors (Lipinski definition) is 3. The van der Waals surface area contributed by atoms with Crippen LogP contribution in [-0.2, 0) is 13.0 Å². The molecule has 0 aliphatic carbocycles. The molecule has 2 aromatic carbocycles. The summed E-state index contributed by atoms with van der Waals surface area (Å²) in [6, 6.07) is 15.6. The van der Waals surface area contributed by atoms with Gasteiger partial charge < -0.3 is 8.98 Å². The predicted octanol–water partition coefficient (Wildman–Crippen LogP) is 5.25. The molecular weight excluding hydrogens is 322 g/mol. The van der Waals surface area contributed by atoms with E-state index in [9.17, 15) is 0 Å². The van der Waals surface area contributed by atoms with Gasteiger partial charge in [0.25, 0.3) is 0 Å². The lowest BCUT2D eigenvalue weighted by Crippen LogP contribution is -2.08. The minimum Gasteiger partial charge on any atom is -0.437 e. The fourth-order valence-electron chi connectivity index (χ4n) is 4.17. The fraction of sp³-hybridized carbons (Fsp3) is 0.182. The summed E-state index contributed by atoms with van der Waals surface area (Å²) in [5, 5.41) is 1.73. The van der Waals surface area contributed by atoms with Crippen molar-refractivity contribution in [1.29, 1.82) is 0 Å². The van der Waals surface area contributed by atoms with E-state index in [0.29, 0.717) is 11.3 Å². The van der Waals surface area contributed by atoms with Crippen molar-refractivity contribution < 1.29 is 8.53 Å². The van der Waals surface area contributed by atoms with Crippen LogP contribution in [0.1, 0.15) is 21.8 Å². The maximum absolute atomic E-state index is 7.62. The normalized spacial score (nSPS) is 16.1. The summed E-state index contributed by atoms with van der Waals surface area (Å²) in [5.41, 5.74) is 5.50. The van der Waals surface area contributed by atoms with Crippen LogP contribution in [0.25, 0.3) is 44.5 Å². The highest BCUT2D eigenvalue weighted by atomic mass is 16.3. The molecule has 0 radical (unpaired) electrons. The zero-order chi connectivity index (χ0) is 19.8. The summed E-state index contributed by atoms with van der Waals surface area (Å²) in [6.07, 6.45) is 2.15. The van der Waals surface area contributed by atoms with Gasteiger partial charge in [-0.1, -0.05) is 24.3 Å². The Morgan fingerprint density at radius 2 is 2.00 bits per heavy atom. The van der Waals surface area contributed by atoms with E-state index in [4.69, 9.17) is 13.5 Å². The molecule has 0 saturated carbocycles. The summed E-state index contributed by atoms with van der Waals surface area (Å²) in [4.78, 5) is 9.20. The van der Waals surface area contributed by atoms with Gasteiger partial charge in [-0.25, -0.2) is 9.97 Å². The number of para-hydroxylation sites is 2. The smallest absolute Gasteiger partial charge is 0.227 e. The summed E-state index contributed by atoms with van der Waals surface area (Å²) in [5.74, 6) is 0.882. The van der Waals surface area contributed by atoms with Crippen molar-refractivity contribution in [2.24, 2.45) is 0 Å². The van der Waals surface area contributed by atoms with Crippen LogP contribution < -0.4 is 0 Å². The molecule has 4 heterocycles. The van der Waals surface area contributed by atoms with Crippen LogP contribution in [0.15, 0.2) is 52.9 Å². The zero-order valence-corrected chi connectivity index (χ0v) is 14.0. The molecule has 5 aromatic rings. The molecule has 26 heavy (non-hydrogen) atoms. The van der Waals surface area contributed by atoms with Gasteiger partial charge >= 0.3 is 0 Å². The van der Waals surface area contributed by atoms with Crippen LogP contribution in [0, 0.1) is 6.85 Å². The van der Waals surface area contributed by atoms with E-state index in [0.717, 1.165) is 47.1 Å². The highest BCUT2D eigenvalue weighted by Crippen LogP contribution is 2.37. The quantitative estimate of drug-likeness (QED) is 0.418. The summed E-state index contributed by atoms with van der Waals surface area (Å²) < 4.78 is 31.2. The first kappa shape index (κ1) is 11.5. The van der Waals surface area contributed by atoms with Crippen LogP contribution in [0.3, 0.4) is 0 Å². The number of rotatable bonds is 1. The van der Waals surface area contributed by atoms with E-state index >= 15 is 0 Å². The van der Waals surface area contributed by atoms with Crippen LogP contribution >= 0.6 is 0 Å². The minimum absolute atomic E-state index is 0.0388. The third-order valence-electron chi connectivity index (χ3n) is 5.28. The van der Waals surface area contributed by atoms with Gasteiger partial charge in [0.2, 0.25) is 5.71 Å². The summed E-state index contributed by atoms with van der Waals surface area (Å²) in [6.45, 7) is -1.35. The number of pyridine rings is 1. The Kier molecular flexibility index (Phi) is 2.18. The third-order valence-corrected chi connectivity index (χ3v) is 5.28. The van der Waals surface area contributed by atoms with Crippen molar-refractivity contribution >= 4 is 33.1 Å². The topological polar surface area (TPSA) is 43.9 Å². The Hall–Kier alpha value is -3.14. The van der Waals surface area contributed by atoms with E-state index in [2.05, 4.69) is 21.7 Å². The molecule has 126 valence electrons. The van der Waals surface area contributed by atoms with Crippen molar-refractivity contribution in [3.05, 3.63) is 59.8 Å². The van der Waals surface area contributed by atoms with Gasteiger partial charge in [-0.2, -0.15) is 0 Å². The molecule has 4 heteroatoms. The highest BCUT2D eigenvalue weighted by molar-refractivity contribution is 6.08. The first-order valence-corrected chi connectivity index (χ1v) is 8.82. The number of furan rings is 1. The van der Waals surface area contributed by atoms with Crippen LogP contribution in [0.5, 0.6) is 0 Å². The van der Waals surface area contributed by atoms with Gasteiger partial charge in [0.1, 0.15) is 11.4 Å². The number of aryl methyl sites for hydroxylation is 3. The van der Waals surface area contributed by atoms with Gasteiger partial charge in [0, 0.05) is 27.1 Å². The van der Waals surface area contributed by atoms with Gasteiger partial charge in [-0.3, -0.25) is 0 Å². The number of hydrogen-bond donors (Lipinski definition) is 0. The number of nitrogens with zero attached hydrogens (tertiary/aromatic N) is 3. The van der Waals surface area contributed by atoms with Crippen molar-refractivity contribution in [3.63, 3.8) is 0 Å². The number of fused-ring (bicyclic) bond motifs is 3. The lowest BCUT2D eigenvalue weighted by atomic mass is 10.0. The van der Waals surface area contributed by atoms with E-state index in [1.165, 1.54) is 11.1 Å². The molecule has 0 saturated heterocycles. The monoisotopic (exact) mass is 342 g/mol. The molecular formula is C22H17N3O. The van der Waals surface area contributed by atoms with Crippen molar-refractivity contribution in [2.75, 3.05) is 0 Å². The molecule has 0 atom stereocenters. The van der Waals surface area contributed by atoms with E-state index in [1.54, 1.807) is 12.1 Å². The average molecular weight is 342 g/mol. The van der Waals surface area contributed by atoms with E-state index < -0.39 is 6.85 Å². The lowest BCUT2D eigenvalue weighted by Gasteiger charge is -2.16. The average Bonchev–Trinajstić information content (AvgIpc) is 3.27. The molecule has 4 nitrogen and oxygen atoms in total. The maximum Gasteiger partial charge on any atom is 0.227 e. The van der Waals surface area contributed by atoms with E-state index in [-0.39, 0.29) is 5.69 Å². The second-order valence-corrected chi connectivity index (χ2v) is 6.81. The van der Waals surface area contributed by atoms with E-state index in [1.807, 2.05) is 24.3 Å². The molecule has 0 N–H and O–H groups in total. The molecule has 3 aromatic heterocycles. The number of imidazole rings is 1. The Labute approximate surface area is 154 Å². The molecule has 6 rings (SSSR count). The third kappa shape index (κ3) is 1.79. The summed E-state index contributed by atoms with van der Waals surface area (Å²) >= 11 is 0. The first-order chi connectivity index (χ1) is 14.0. The Balaban J connectivity index is 1.65. The molecule has 0 amide bonds. The largest absolute Gasteiger partial charge is 0.437 e. The molecule has 0 spiro atoms. The Bertz CT molecular complexity index is 1430. The van der Waals surface area contributed by atoms with Gasteiger partial charge in [0.15, 0.2) is 0 Å². The van der Waals surface area contributed by atoms with Gasteiger partial charge in [-0.05, 0) is 49.5 Å². The summed E-state index contributed by atoms with van der Waals surface area (Å²) in [7, 11) is 0. The second kappa shape index (κ2) is 4.94. The SMILES string of the molecule is [2H]C([2H])([2H])c1ccc2c(n1)oc1c(-c3nc4cccc5c4n3CCC5)cccc12. The van der Waals surface area contributed by atoms with Gasteiger partial charge in [-0.15, -0.1) is 0 Å². The minimum atomic E-state index is -2.27. The fourth-order valence-corrected chi connectivity index (χ4v) is 4.17. The standard InChI is InChI=1S/C22H17N3O/c1-13-10-11-16-15-7-3-8-17(20(15)26-22(16)23-13)21-24-18-9-2-5-14-6-4-12-25(21)19(14)18/h2-3,5,7-11H,4,6,12H2,1H3/i1D3. The van der Waals surface area contributed by atoms with Crippen LogP contribution in [0.2, 0.25) is 0 Å². The molecule has 1 aliphatic rings. The lowest BCUT2D eigenvalue weighted by molar-refractivity contribution is 0.633. The highest BCUT2D eigenvalue weighted by Gasteiger charge is 2.22. The van der Waals surface area contributed by atoms with Crippen LogP contribution in [0.4, 0.5) is 0 Å². The number of aromatic nitrogens is 3. The first-order valence-electron chi connectivity index (χ1n) is 10.3. The van der Waals surface area contributed by atoms with Crippen molar-refractivity contribution in [3.8, 4) is 11.4 Å². The van der Waals surface area contributed by atoms with Crippen molar-refractivity contribution in [1.82, 2.24) is 14.5 Å². The molecule has 0 bridgehead atoms. The zero-order valence-electron chi connectivity index (χ0n) is 17.0. The Morgan fingerprint density at radius 1 is 1.04 bits per heavy atom. The predicted molar refractivity (Wildman–Crippen MR) is 103 cm³/mol. The Morgan fingerprint density at radius 3 is 2.96 bits per heavy atom. The van der Waals surface area contributed by atoms with Crippen LogP contribution in [-0.4, -0.2) is 14.5 Å². The maximum atomic E-state index is 7.62. The molecule has 0 fully saturated rings. The van der Waals surface area contributed by atoms with Crippen molar-refractivity contribution in [2.45, 2.75) is 26.2 Å². The second-order valence-electron chi connectivity index (χ2n) is 6.81. The molecule has 0 unspecified atom stereocenters. The van der Waals surface area contributed by atoms with Gasteiger partial charge in [0.05, 0.1) is 16.6 Å². The molecule has 1 aliphatic heterocycles. The number of benzene rings is 2.